The van der Waals surface area contributed by atoms with Gasteiger partial charge < -0.3 is 10.5 Å². The summed E-state index contributed by atoms with van der Waals surface area (Å²) >= 11 is 0. The molecule has 0 amide bonds. The van der Waals surface area contributed by atoms with Gasteiger partial charge in [-0.05, 0) is 13.0 Å². The van der Waals surface area contributed by atoms with E-state index in [1.807, 2.05) is 23.9 Å². The number of rotatable bonds is 5. The molecule has 4 heteroatoms. The van der Waals surface area contributed by atoms with Gasteiger partial charge in [-0.15, -0.1) is 0 Å². The molecule has 1 rings (SSSR count). The van der Waals surface area contributed by atoms with Crippen LogP contribution in [-0.2, 0) is 17.8 Å². The van der Waals surface area contributed by atoms with Gasteiger partial charge in [0.2, 0.25) is 0 Å². The summed E-state index contributed by atoms with van der Waals surface area (Å²) in [6.45, 7) is 4.75. The van der Waals surface area contributed by atoms with Crippen LogP contribution in [0.2, 0.25) is 0 Å². The molecule has 0 atom stereocenters. The quantitative estimate of drug-likeness (QED) is 0.648. The molecule has 0 radical (unpaired) electrons. The molecule has 0 bridgehead atoms. The minimum absolute atomic E-state index is 0.502. The molecule has 0 aliphatic carbocycles. The Morgan fingerprint density at radius 2 is 2.50 bits per heavy atom. The third-order valence-electron chi connectivity index (χ3n) is 1.57. The molecule has 0 spiro atoms. The minimum Gasteiger partial charge on any atom is -0.380 e. The van der Waals surface area contributed by atoms with E-state index in [4.69, 9.17) is 10.5 Å². The fourth-order valence-corrected chi connectivity index (χ4v) is 0.940. The van der Waals surface area contributed by atoms with E-state index in [9.17, 15) is 0 Å². The summed E-state index contributed by atoms with van der Waals surface area (Å²) in [5.41, 5.74) is 6.33. The molecule has 12 heavy (non-hydrogen) atoms. The molecular formula is C8H15N3O. The highest BCUT2D eigenvalue weighted by molar-refractivity contribution is 4.97. The highest BCUT2D eigenvalue weighted by Crippen LogP contribution is 1.93. The van der Waals surface area contributed by atoms with Crippen LogP contribution in [0.1, 0.15) is 12.6 Å². The number of nitrogens with two attached hydrogens (primary N) is 1. The first kappa shape index (κ1) is 9.22. The van der Waals surface area contributed by atoms with E-state index in [0.29, 0.717) is 13.2 Å². The molecule has 0 aliphatic heterocycles. The number of hydrogen-bond acceptors (Lipinski definition) is 3. The summed E-state index contributed by atoms with van der Waals surface area (Å²) in [4.78, 5) is 0. The third-order valence-corrected chi connectivity index (χ3v) is 1.57. The van der Waals surface area contributed by atoms with Crippen molar-refractivity contribution in [1.29, 1.82) is 0 Å². The van der Waals surface area contributed by atoms with Gasteiger partial charge in [-0.3, -0.25) is 4.68 Å². The van der Waals surface area contributed by atoms with E-state index in [1.165, 1.54) is 0 Å². The number of nitrogens with zero attached hydrogens (tertiary/aromatic N) is 2. The molecule has 0 fully saturated rings. The minimum atomic E-state index is 0.502. The van der Waals surface area contributed by atoms with Crippen LogP contribution in [0.25, 0.3) is 0 Å². The van der Waals surface area contributed by atoms with Crippen LogP contribution in [0.4, 0.5) is 0 Å². The molecule has 68 valence electrons. The smallest absolute Gasteiger partial charge is 0.0760 e. The third kappa shape index (κ3) is 2.64. The summed E-state index contributed by atoms with van der Waals surface area (Å²) in [5.74, 6) is 0. The van der Waals surface area contributed by atoms with Gasteiger partial charge in [-0.25, -0.2) is 0 Å². The molecule has 1 heterocycles. The second kappa shape index (κ2) is 4.90. The maximum Gasteiger partial charge on any atom is 0.0760 e. The van der Waals surface area contributed by atoms with Crippen LogP contribution < -0.4 is 5.73 Å². The molecule has 0 unspecified atom stereocenters. The summed E-state index contributed by atoms with van der Waals surface area (Å²) in [6.07, 6.45) is 1.92. The van der Waals surface area contributed by atoms with Crippen molar-refractivity contribution in [1.82, 2.24) is 9.78 Å². The predicted molar refractivity (Wildman–Crippen MR) is 46.6 cm³/mol. The topological polar surface area (TPSA) is 53.1 Å². The van der Waals surface area contributed by atoms with E-state index >= 15 is 0 Å². The second-order valence-electron chi connectivity index (χ2n) is 2.47. The lowest BCUT2D eigenvalue weighted by molar-refractivity contribution is 0.136. The van der Waals surface area contributed by atoms with Gasteiger partial charge in [0.05, 0.1) is 18.8 Å². The first-order valence-electron chi connectivity index (χ1n) is 4.17. The summed E-state index contributed by atoms with van der Waals surface area (Å²) in [6, 6.07) is 1.92. The molecule has 0 aliphatic rings. The molecule has 0 saturated carbocycles. The summed E-state index contributed by atoms with van der Waals surface area (Å²) in [5, 5.41) is 4.21. The van der Waals surface area contributed by atoms with Crippen LogP contribution in [0.15, 0.2) is 12.3 Å². The fraction of sp³-hybridized carbons (Fsp3) is 0.625. The van der Waals surface area contributed by atoms with Crippen LogP contribution in [0.3, 0.4) is 0 Å². The van der Waals surface area contributed by atoms with E-state index in [0.717, 1.165) is 18.8 Å². The first-order valence-corrected chi connectivity index (χ1v) is 4.17. The monoisotopic (exact) mass is 169 g/mol. The Morgan fingerprint density at radius 1 is 1.67 bits per heavy atom. The Morgan fingerprint density at radius 3 is 3.08 bits per heavy atom. The normalized spacial score (nSPS) is 10.5. The Balaban J connectivity index is 2.31. The molecule has 1 aromatic rings. The van der Waals surface area contributed by atoms with Gasteiger partial charge >= 0.3 is 0 Å². The van der Waals surface area contributed by atoms with Crippen molar-refractivity contribution < 1.29 is 4.74 Å². The largest absolute Gasteiger partial charge is 0.380 e. The maximum absolute atomic E-state index is 5.41. The molecule has 0 saturated heterocycles. The Hall–Kier alpha value is -0.870. The highest BCUT2D eigenvalue weighted by Gasteiger charge is 1.95. The van der Waals surface area contributed by atoms with Gasteiger partial charge in [-0.1, -0.05) is 0 Å². The molecule has 2 N–H and O–H groups in total. The second-order valence-corrected chi connectivity index (χ2v) is 2.47. The van der Waals surface area contributed by atoms with Gasteiger partial charge in [0.1, 0.15) is 0 Å². The SMILES string of the molecule is CCOCCn1ccc(CN)n1. The highest BCUT2D eigenvalue weighted by atomic mass is 16.5. The number of ether oxygens (including phenoxy) is 1. The Labute approximate surface area is 72.3 Å². The summed E-state index contributed by atoms with van der Waals surface area (Å²) < 4.78 is 7.03. The molecular weight excluding hydrogens is 154 g/mol. The van der Waals surface area contributed by atoms with Crippen molar-refractivity contribution in [2.75, 3.05) is 13.2 Å². The lowest BCUT2D eigenvalue weighted by Gasteiger charge is -2.00. The van der Waals surface area contributed by atoms with Gasteiger partial charge in [-0.2, -0.15) is 5.10 Å². The fourth-order valence-electron chi connectivity index (χ4n) is 0.940. The summed E-state index contributed by atoms with van der Waals surface area (Å²) in [7, 11) is 0. The van der Waals surface area contributed by atoms with Crippen molar-refractivity contribution >= 4 is 0 Å². The lowest BCUT2D eigenvalue weighted by atomic mass is 10.4. The molecule has 4 nitrogen and oxygen atoms in total. The average Bonchev–Trinajstić information content (AvgIpc) is 2.53. The molecule has 0 aromatic carbocycles. The van der Waals surface area contributed by atoms with E-state index in [-0.39, 0.29) is 0 Å². The average molecular weight is 169 g/mol. The lowest BCUT2D eigenvalue weighted by Crippen LogP contribution is -2.07. The van der Waals surface area contributed by atoms with E-state index in [2.05, 4.69) is 5.10 Å². The maximum atomic E-state index is 5.41. The molecule has 1 aromatic heterocycles. The van der Waals surface area contributed by atoms with Crippen LogP contribution in [0, 0.1) is 0 Å². The van der Waals surface area contributed by atoms with Crippen molar-refractivity contribution in [2.24, 2.45) is 5.73 Å². The van der Waals surface area contributed by atoms with Crippen molar-refractivity contribution in [3.05, 3.63) is 18.0 Å². The zero-order chi connectivity index (χ0) is 8.81. The Kier molecular flexibility index (Phi) is 3.76. The first-order chi connectivity index (χ1) is 5.86. The zero-order valence-electron chi connectivity index (χ0n) is 7.36. The number of aromatic nitrogens is 2. The van der Waals surface area contributed by atoms with Crippen LogP contribution in [-0.4, -0.2) is 23.0 Å². The van der Waals surface area contributed by atoms with Gasteiger partial charge in [0.25, 0.3) is 0 Å². The number of hydrogen-bond donors (Lipinski definition) is 1. The van der Waals surface area contributed by atoms with Crippen molar-refractivity contribution in [3.63, 3.8) is 0 Å². The zero-order valence-corrected chi connectivity index (χ0v) is 7.36. The van der Waals surface area contributed by atoms with Crippen LogP contribution in [0.5, 0.6) is 0 Å². The van der Waals surface area contributed by atoms with Gasteiger partial charge in [0, 0.05) is 19.3 Å². The van der Waals surface area contributed by atoms with E-state index < -0.39 is 0 Å². The van der Waals surface area contributed by atoms with Crippen molar-refractivity contribution in [3.8, 4) is 0 Å². The van der Waals surface area contributed by atoms with Crippen LogP contribution >= 0.6 is 0 Å². The van der Waals surface area contributed by atoms with Crippen molar-refractivity contribution in [2.45, 2.75) is 20.0 Å². The Bertz CT molecular complexity index is 222. The van der Waals surface area contributed by atoms with E-state index in [1.54, 1.807) is 0 Å². The van der Waals surface area contributed by atoms with Gasteiger partial charge in [0.15, 0.2) is 0 Å². The standard InChI is InChI=1S/C8H15N3O/c1-2-12-6-5-11-4-3-8(7-9)10-11/h3-4H,2,5-7,9H2,1H3. The predicted octanol–water partition coefficient (Wildman–Crippen LogP) is 0.378.